The number of hydrogen-bond acceptors (Lipinski definition) is 3. The summed E-state index contributed by atoms with van der Waals surface area (Å²) in [6.45, 7) is 2.07. The van der Waals surface area contributed by atoms with Gasteiger partial charge in [0.2, 0.25) is 0 Å². The average molecular weight is 322 g/mol. The van der Waals surface area contributed by atoms with Crippen molar-refractivity contribution in [3.8, 4) is 0 Å². The number of allylic oxidation sites excluding steroid dienone is 3. The van der Waals surface area contributed by atoms with E-state index in [1.807, 2.05) is 0 Å². The van der Waals surface area contributed by atoms with Crippen LogP contribution in [0.3, 0.4) is 0 Å². The third kappa shape index (κ3) is 3.06. The zero-order valence-electron chi connectivity index (χ0n) is 14.2. The number of hydrogen-bond donors (Lipinski definition) is 3. The third-order valence-electron chi connectivity index (χ3n) is 5.34. The Labute approximate surface area is 143 Å². The smallest absolute Gasteiger partial charge is 0.138 e. The number of benzene rings is 1. The van der Waals surface area contributed by atoms with Crippen LogP contribution in [0.15, 0.2) is 41.4 Å². The van der Waals surface area contributed by atoms with Crippen LogP contribution in [0.25, 0.3) is 6.08 Å². The Bertz CT molecular complexity index is 716. The first-order valence-electron chi connectivity index (χ1n) is 8.61. The maximum atomic E-state index is 8.36. The second-order valence-electron chi connectivity index (χ2n) is 6.93. The molecule has 0 amide bonds. The molecular weight excluding hydrogens is 296 g/mol. The fraction of sp³-hybridized carbons (Fsp3) is 0.400. The normalized spacial score (nSPS) is 27.2. The summed E-state index contributed by atoms with van der Waals surface area (Å²) < 4.78 is 0. The molecule has 4 nitrogen and oxygen atoms in total. The molecule has 2 unspecified atom stereocenters. The minimum Gasteiger partial charge on any atom is -0.390 e. The van der Waals surface area contributed by atoms with Crippen molar-refractivity contribution < 1.29 is 0 Å². The van der Waals surface area contributed by atoms with Gasteiger partial charge in [0.15, 0.2) is 0 Å². The van der Waals surface area contributed by atoms with Gasteiger partial charge in [0, 0.05) is 11.3 Å². The SMILES string of the molecule is CC1(C(=N)[C@@H](N)N=CN)C=CC(c2cccc3c2CCC=C3)CC1. The summed E-state index contributed by atoms with van der Waals surface area (Å²) in [4.78, 5) is 3.94. The summed E-state index contributed by atoms with van der Waals surface area (Å²) in [5, 5.41) is 8.36. The summed E-state index contributed by atoms with van der Waals surface area (Å²) >= 11 is 0. The molecule has 0 spiro atoms. The van der Waals surface area contributed by atoms with Crippen LogP contribution in [-0.4, -0.2) is 18.2 Å². The highest BCUT2D eigenvalue weighted by Gasteiger charge is 2.34. The van der Waals surface area contributed by atoms with Crippen molar-refractivity contribution in [3.05, 3.63) is 53.1 Å². The highest BCUT2D eigenvalue weighted by atomic mass is 15.0. The van der Waals surface area contributed by atoms with Crippen LogP contribution in [0, 0.1) is 10.8 Å². The maximum Gasteiger partial charge on any atom is 0.138 e. The first-order valence-corrected chi connectivity index (χ1v) is 8.61. The number of rotatable bonds is 4. The Balaban J connectivity index is 1.84. The zero-order valence-corrected chi connectivity index (χ0v) is 14.2. The Hall–Kier alpha value is -2.20. The van der Waals surface area contributed by atoms with Gasteiger partial charge in [-0.2, -0.15) is 0 Å². The van der Waals surface area contributed by atoms with E-state index in [0.29, 0.717) is 11.6 Å². The van der Waals surface area contributed by atoms with Crippen LogP contribution < -0.4 is 11.5 Å². The molecule has 4 heteroatoms. The molecule has 0 aromatic heterocycles. The number of aliphatic imine (C=N–C) groups is 1. The molecule has 3 atom stereocenters. The summed E-state index contributed by atoms with van der Waals surface area (Å²) in [5.41, 5.74) is 15.6. The van der Waals surface area contributed by atoms with E-state index in [2.05, 4.69) is 54.4 Å². The molecule has 2 aliphatic carbocycles. The predicted molar refractivity (Wildman–Crippen MR) is 101 cm³/mol. The lowest BCUT2D eigenvalue weighted by Gasteiger charge is -2.35. The third-order valence-corrected chi connectivity index (χ3v) is 5.34. The Kier molecular flexibility index (Phi) is 4.67. The molecule has 5 N–H and O–H groups in total. The molecule has 0 bridgehead atoms. The Morgan fingerprint density at radius 1 is 1.46 bits per heavy atom. The zero-order chi connectivity index (χ0) is 17.2. The highest BCUT2D eigenvalue weighted by molar-refractivity contribution is 5.94. The van der Waals surface area contributed by atoms with Crippen LogP contribution in [0.5, 0.6) is 0 Å². The Morgan fingerprint density at radius 2 is 2.29 bits per heavy atom. The van der Waals surface area contributed by atoms with Gasteiger partial charge >= 0.3 is 0 Å². The van der Waals surface area contributed by atoms with Gasteiger partial charge in [0.1, 0.15) is 6.17 Å². The molecule has 126 valence electrons. The molecule has 0 saturated carbocycles. The molecule has 0 fully saturated rings. The molecule has 1 aromatic rings. The van der Waals surface area contributed by atoms with Gasteiger partial charge in [0.05, 0.1) is 12.1 Å². The molecule has 1 aromatic carbocycles. The van der Waals surface area contributed by atoms with E-state index in [0.717, 1.165) is 25.7 Å². The molecule has 3 rings (SSSR count). The van der Waals surface area contributed by atoms with Crippen LogP contribution in [0.2, 0.25) is 0 Å². The van der Waals surface area contributed by atoms with Gasteiger partial charge in [-0.1, -0.05) is 49.4 Å². The molecule has 0 radical (unpaired) electrons. The van der Waals surface area contributed by atoms with Crippen molar-refractivity contribution in [2.75, 3.05) is 0 Å². The van der Waals surface area contributed by atoms with Crippen molar-refractivity contribution >= 4 is 18.1 Å². The Morgan fingerprint density at radius 3 is 3.00 bits per heavy atom. The van der Waals surface area contributed by atoms with Crippen molar-refractivity contribution in [1.29, 1.82) is 5.41 Å². The highest BCUT2D eigenvalue weighted by Crippen LogP contribution is 2.41. The van der Waals surface area contributed by atoms with Crippen molar-refractivity contribution in [2.45, 2.75) is 44.7 Å². The molecule has 0 saturated heterocycles. The predicted octanol–water partition coefficient (Wildman–Crippen LogP) is 3.38. The fourth-order valence-corrected chi connectivity index (χ4v) is 3.81. The van der Waals surface area contributed by atoms with E-state index in [4.69, 9.17) is 16.9 Å². The van der Waals surface area contributed by atoms with Gasteiger partial charge in [0.25, 0.3) is 0 Å². The van der Waals surface area contributed by atoms with Crippen LogP contribution in [0.4, 0.5) is 0 Å². The van der Waals surface area contributed by atoms with Crippen molar-refractivity contribution in [1.82, 2.24) is 0 Å². The van der Waals surface area contributed by atoms with Crippen LogP contribution in [-0.2, 0) is 6.42 Å². The lowest BCUT2D eigenvalue weighted by Crippen LogP contribution is -2.40. The lowest BCUT2D eigenvalue weighted by molar-refractivity contribution is 0.454. The van der Waals surface area contributed by atoms with E-state index in [-0.39, 0.29) is 5.41 Å². The van der Waals surface area contributed by atoms with Gasteiger partial charge in [-0.25, -0.2) is 0 Å². The average Bonchev–Trinajstić information content (AvgIpc) is 2.61. The van der Waals surface area contributed by atoms with Crippen molar-refractivity contribution in [2.24, 2.45) is 21.9 Å². The molecule has 0 heterocycles. The van der Waals surface area contributed by atoms with E-state index >= 15 is 0 Å². The molecule has 2 aliphatic rings. The monoisotopic (exact) mass is 322 g/mol. The molecule has 0 aliphatic heterocycles. The van der Waals surface area contributed by atoms with E-state index < -0.39 is 6.17 Å². The molecular formula is C20H26N4. The standard InChI is InChI=1S/C20H26N4/c1-20(18(22)19(23)24-13-21)11-9-15(10-12-20)17-8-4-6-14-5-2-3-7-16(14)17/h2,4-6,8-9,11,13,15,19,22H,3,7,10,12,23H2,1H3,(H2,21,24)/t15?,19-,20?/m0/s1. The van der Waals surface area contributed by atoms with E-state index in [9.17, 15) is 0 Å². The van der Waals surface area contributed by atoms with Gasteiger partial charge in [-0.15, -0.1) is 0 Å². The first-order chi connectivity index (χ1) is 11.5. The number of fused-ring (bicyclic) bond motifs is 1. The largest absolute Gasteiger partial charge is 0.390 e. The summed E-state index contributed by atoms with van der Waals surface area (Å²) in [7, 11) is 0. The first kappa shape index (κ1) is 16.7. The van der Waals surface area contributed by atoms with Gasteiger partial charge in [-0.05, 0) is 42.4 Å². The number of nitrogens with one attached hydrogen (secondary N) is 1. The van der Waals surface area contributed by atoms with E-state index in [1.54, 1.807) is 0 Å². The summed E-state index contributed by atoms with van der Waals surface area (Å²) in [6.07, 6.45) is 13.6. The number of nitrogens with two attached hydrogens (primary N) is 2. The fourth-order valence-electron chi connectivity index (χ4n) is 3.81. The molecule has 24 heavy (non-hydrogen) atoms. The summed E-state index contributed by atoms with van der Waals surface area (Å²) in [5.74, 6) is 0.418. The minimum absolute atomic E-state index is 0.336. The second kappa shape index (κ2) is 6.73. The van der Waals surface area contributed by atoms with Crippen molar-refractivity contribution in [3.63, 3.8) is 0 Å². The minimum atomic E-state index is -0.657. The van der Waals surface area contributed by atoms with Crippen LogP contribution >= 0.6 is 0 Å². The van der Waals surface area contributed by atoms with Gasteiger partial charge < -0.3 is 16.9 Å². The van der Waals surface area contributed by atoms with Gasteiger partial charge in [-0.3, -0.25) is 4.99 Å². The second-order valence-corrected chi connectivity index (χ2v) is 6.93. The van der Waals surface area contributed by atoms with E-state index in [1.165, 1.54) is 23.0 Å². The quantitative estimate of drug-likeness (QED) is 0.451. The lowest BCUT2D eigenvalue weighted by atomic mass is 9.71. The summed E-state index contributed by atoms with van der Waals surface area (Å²) in [6, 6.07) is 6.61. The number of nitrogens with zero attached hydrogens (tertiary/aromatic N) is 1. The maximum absolute atomic E-state index is 8.36. The van der Waals surface area contributed by atoms with Crippen LogP contribution in [0.1, 0.15) is 48.8 Å². The topological polar surface area (TPSA) is 88.2 Å².